The molecule has 2 aromatic carbocycles. The third-order valence-corrected chi connectivity index (χ3v) is 5.19. The standard InChI is InChI=1S/C21H25NO5/c1-24-17-8-6-13(9-18(17)25-2)15-7-5-14-10-19(26-3)20(27-4)11-16(14)21(15)22-12-23/h6,8-12,15,21H,5,7H2,1-4H3,(H,22,23)/t15-,21+/m1/s1. The van der Waals surface area contributed by atoms with Crippen LogP contribution in [0.4, 0.5) is 0 Å². The van der Waals surface area contributed by atoms with Crippen LogP contribution >= 0.6 is 0 Å². The molecule has 0 radical (unpaired) electrons. The van der Waals surface area contributed by atoms with Crippen LogP contribution in [-0.4, -0.2) is 34.8 Å². The van der Waals surface area contributed by atoms with Crippen LogP contribution in [0.25, 0.3) is 0 Å². The minimum Gasteiger partial charge on any atom is -0.493 e. The summed E-state index contributed by atoms with van der Waals surface area (Å²) in [7, 11) is 6.47. The van der Waals surface area contributed by atoms with Crippen molar-refractivity contribution >= 4 is 6.41 Å². The number of fused-ring (bicyclic) bond motifs is 1. The number of ether oxygens (including phenoxy) is 4. The summed E-state index contributed by atoms with van der Waals surface area (Å²) in [5.41, 5.74) is 3.29. The van der Waals surface area contributed by atoms with Crippen LogP contribution in [0.2, 0.25) is 0 Å². The van der Waals surface area contributed by atoms with Gasteiger partial charge >= 0.3 is 0 Å². The lowest BCUT2D eigenvalue weighted by Gasteiger charge is -2.34. The molecule has 1 aliphatic carbocycles. The van der Waals surface area contributed by atoms with Gasteiger partial charge in [0.05, 0.1) is 34.5 Å². The molecule has 27 heavy (non-hydrogen) atoms. The summed E-state index contributed by atoms with van der Waals surface area (Å²) in [6.45, 7) is 0. The zero-order valence-corrected chi connectivity index (χ0v) is 16.1. The fraction of sp³-hybridized carbons (Fsp3) is 0.381. The quantitative estimate of drug-likeness (QED) is 0.757. The third kappa shape index (κ3) is 3.52. The molecule has 0 heterocycles. The van der Waals surface area contributed by atoms with Gasteiger partial charge in [-0.1, -0.05) is 6.07 Å². The number of rotatable bonds is 7. The first-order valence-electron chi connectivity index (χ1n) is 8.83. The van der Waals surface area contributed by atoms with E-state index in [2.05, 4.69) is 5.32 Å². The Kier molecular flexibility index (Phi) is 5.74. The van der Waals surface area contributed by atoms with Gasteiger partial charge in [0.2, 0.25) is 6.41 Å². The lowest BCUT2D eigenvalue weighted by atomic mass is 9.76. The van der Waals surface area contributed by atoms with Crippen LogP contribution in [0, 0.1) is 0 Å². The first kappa shape index (κ1) is 18.9. The Bertz CT molecular complexity index is 820. The molecule has 144 valence electrons. The van der Waals surface area contributed by atoms with Crippen LogP contribution in [0.15, 0.2) is 30.3 Å². The highest BCUT2D eigenvalue weighted by molar-refractivity contribution is 5.55. The van der Waals surface area contributed by atoms with Crippen molar-refractivity contribution in [2.75, 3.05) is 28.4 Å². The minimum atomic E-state index is -0.163. The maximum Gasteiger partial charge on any atom is 0.207 e. The fourth-order valence-electron chi connectivity index (χ4n) is 3.86. The zero-order valence-electron chi connectivity index (χ0n) is 16.1. The van der Waals surface area contributed by atoms with Gasteiger partial charge < -0.3 is 24.3 Å². The first-order valence-corrected chi connectivity index (χ1v) is 8.83. The van der Waals surface area contributed by atoms with E-state index in [1.807, 2.05) is 30.3 Å². The summed E-state index contributed by atoms with van der Waals surface area (Å²) in [6.07, 6.45) is 2.53. The van der Waals surface area contributed by atoms with Crippen molar-refractivity contribution in [3.8, 4) is 23.0 Å². The van der Waals surface area contributed by atoms with Gasteiger partial charge in [0.1, 0.15) is 0 Å². The summed E-state index contributed by atoms with van der Waals surface area (Å²) in [6, 6.07) is 9.70. The monoisotopic (exact) mass is 371 g/mol. The third-order valence-electron chi connectivity index (χ3n) is 5.19. The van der Waals surface area contributed by atoms with Crippen molar-refractivity contribution in [2.45, 2.75) is 24.8 Å². The second-order valence-electron chi connectivity index (χ2n) is 6.43. The van der Waals surface area contributed by atoms with Crippen LogP contribution < -0.4 is 24.3 Å². The Labute approximate surface area is 159 Å². The van der Waals surface area contributed by atoms with E-state index in [9.17, 15) is 4.79 Å². The van der Waals surface area contributed by atoms with Gasteiger partial charge in [-0.25, -0.2) is 0 Å². The molecular formula is C21H25NO5. The molecule has 0 fully saturated rings. The van der Waals surface area contributed by atoms with Gasteiger partial charge in [-0.3, -0.25) is 4.79 Å². The van der Waals surface area contributed by atoms with Crippen molar-refractivity contribution in [3.05, 3.63) is 47.0 Å². The number of hydrogen-bond acceptors (Lipinski definition) is 5. The van der Waals surface area contributed by atoms with E-state index in [4.69, 9.17) is 18.9 Å². The molecule has 0 unspecified atom stereocenters. The number of aryl methyl sites for hydroxylation is 1. The molecule has 2 aromatic rings. The van der Waals surface area contributed by atoms with E-state index in [0.717, 1.165) is 35.9 Å². The largest absolute Gasteiger partial charge is 0.493 e. The van der Waals surface area contributed by atoms with Crippen LogP contribution in [0.5, 0.6) is 23.0 Å². The maximum atomic E-state index is 11.3. The van der Waals surface area contributed by atoms with E-state index >= 15 is 0 Å². The van der Waals surface area contributed by atoms with E-state index < -0.39 is 0 Å². The summed E-state index contributed by atoms with van der Waals surface area (Å²) in [5.74, 6) is 2.83. The Morgan fingerprint density at radius 3 is 2.15 bits per heavy atom. The molecule has 0 saturated heterocycles. The molecule has 0 saturated carbocycles. The predicted octanol–water partition coefficient (Wildman–Crippen LogP) is 3.24. The van der Waals surface area contributed by atoms with E-state index in [1.54, 1.807) is 28.4 Å². The molecule has 1 aliphatic rings. The fourth-order valence-corrected chi connectivity index (χ4v) is 3.86. The Balaban J connectivity index is 2.05. The van der Waals surface area contributed by atoms with Crippen molar-refractivity contribution in [2.24, 2.45) is 0 Å². The lowest BCUT2D eigenvalue weighted by molar-refractivity contribution is -0.110. The van der Waals surface area contributed by atoms with E-state index in [0.29, 0.717) is 23.0 Å². The van der Waals surface area contributed by atoms with Gasteiger partial charge in [-0.15, -0.1) is 0 Å². The molecule has 0 spiro atoms. The molecule has 1 N–H and O–H groups in total. The van der Waals surface area contributed by atoms with Crippen molar-refractivity contribution in [1.82, 2.24) is 5.32 Å². The van der Waals surface area contributed by atoms with Crippen molar-refractivity contribution in [3.63, 3.8) is 0 Å². The molecule has 6 heteroatoms. The van der Waals surface area contributed by atoms with Crippen molar-refractivity contribution in [1.29, 1.82) is 0 Å². The van der Waals surface area contributed by atoms with Gasteiger partial charge in [0.15, 0.2) is 23.0 Å². The molecule has 1 amide bonds. The lowest BCUT2D eigenvalue weighted by Crippen LogP contribution is -2.30. The Morgan fingerprint density at radius 2 is 1.52 bits per heavy atom. The first-order chi connectivity index (χ1) is 13.2. The normalized spacial score (nSPS) is 18.2. The van der Waals surface area contributed by atoms with Gasteiger partial charge in [0, 0.05) is 5.92 Å². The average molecular weight is 371 g/mol. The predicted molar refractivity (Wildman–Crippen MR) is 102 cm³/mol. The number of amides is 1. The van der Waals surface area contributed by atoms with E-state index in [-0.39, 0.29) is 12.0 Å². The highest BCUT2D eigenvalue weighted by Crippen LogP contribution is 2.45. The molecule has 0 bridgehead atoms. The smallest absolute Gasteiger partial charge is 0.207 e. The van der Waals surface area contributed by atoms with Crippen LogP contribution in [0.1, 0.15) is 35.1 Å². The van der Waals surface area contributed by atoms with Gasteiger partial charge in [-0.05, 0) is 53.8 Å². The zero-order chi connectivity index (χ0) is 19.4. The summed E-state index contributed by atoms with van der Waals surface area (Å²) in [4.78, 5) is 11.3. The SMILES string of the molecule is COc1ccc([C@H]2CCc3cc(OC)c(OC)cc3[C@H]2NC=O)cc1OC. The van der Waals surface area contributed by atoms with Crippen molar-refractivity contribution < 1.29 is 23.7 Å². The van der Waals surface area contributed by atoms with Crippen LogP contribution in [-0.2, 0) is 11.2 Å². The summed E-state index contributed by atoms with van der Waals surface area (Å²) in [5, 5.41) is 3.00. The summed E-state index contributed by atoms with van der Waals surface area (Å²) >= 11 is 0. The number of carbonyl (C=O) groups excluding carboxylic acids is 1. The number of methoxy groups -OCH3 is 4. The molecule has 2 atom stereocenters. The molecule has 6 nitrogen and oxygen atoms in total. The molecule has 3 rings (SSSR count). The van der Waals surface area contributed by atoms with Crippen LogP contribution in [0.3, 0.4) is 0 Å². The van der Waals surface area contributed by atoms with Gasteiger partial charge in [-0.2, -0.15) is 0 Å². The highest BCUT2D eigenvalue weighted by atomic mass is 16.5. The Morgan fingerprint density at radius 1 is 0.889 bits per heavy atom. The van der Waals surface area contributed by atoms with E-state index in [1.165, 1.54) is 0 Å². The Hall–Kier alpha value is -2.89. The summed E-state index contributed by atoms with van der Waals surface area (Å²) < 4.78 is 21.7. The molecule has 0 aromatic heterocycles. The number of benzene rings is 2. The minimum absolute atomic E-state index is 0.112. The second-order valence-corrected chi connectivity index (χ2v) is 6.43. The number of nitrogens with one attached hydrogen (secondary N) is 1. The number of carbonyl (C=O) groups is 1. The average Bonchev–Trinajstić information content (AvgIpc) is 2.72. The highest BCUT2D eigenvalue weighted by Gasteiger charge is 2.32. The molecule has 0 aliphatic heterocycles. The number of hydrogen-bond donors (Lipinski definition) is 1. The molecular weight excluding hydrogens is 346 g/mol. The second kappa shape index (κ2) is 8.20. The maximum absolute atomic E-state index is 11.3. The van der Waals surface area contributed by atoms with Gasteiger partial charge in [0.25, 0.3) is 0 Å². The topological polar surface area (TPSA) is 66.0 Å².